The highest BCUT2D eigenvalue weighted by molar-refractivity contribution is 6.31. The van der Waals surface area contributed by atoms with E-state index in [1.807, 2.05) is 12.1 Å². The van der Waals surface area contributed by atoms with Crippen LogP contribution in [0.5, 0.6) is 0 Å². The summed E-state index contributed by atoms with van der Waals surface area (Å²) in [5.41, 5.74) is 2.18. The number of hydrogen-bond acceptors (Lipinski definition) is 4. The van der Waals surface area contributed by atoms with Crippen LogP contribution in [0.4, 0.5) is 5.69 Å². The molecule has 0 bridgehead atoms. The van der Waals surface area contributed by atoms with Crippen LogP contribution in [0.2, 0.25) is 5.02 Å². The van der Waals surface area contributed by atoms with Crippen LogP contribution >= 0.6 is 11.6 Å². The molecule has 0 aliphatic carbocycles. The maximum Gasteiger partial charge on any atom is 0.340 e. The van der Waals surface area contributed by atoms with Crippen LogP contribution in [0, 0.1) is 0 Å². The molecule has 0 aliphatic heterocycles. The highest BCUT2D eigenvalue weighted by Gasteiger charge is 2.12. The predicted molar refractivity (Wildman–Crippen MR) is 74.4 cm³/mol. The van der Waals surface area contributed by atoms with Crippen molar-refractivity contribution in [1.82, 2.24) is 4.98 Å². The van der Waals surface area contributed by atoms with Gasteiger partial charge in [-0.2, -0.15) is 0 Å². The Hall–Kier alpha value is -2.07. The minimum atomic E-state index is -0.417. The molecule has 2 rings (SSSR count). The highest BCUT2D eigenvalue weighted by atomic mass is 35.5. The van der Waals surface area contributed by atoms with Crippen LogP contribution in [0.25, 0.3) is 0 Å². The first-order valence-corrected chi connectivity index (χ1v) is 6.09. The summed E-state index contributed by atoms with van der Waals surface area (Å²) in [5.74, 6) is -0.417. The maximum absolute atomic E-state index is 11.7. The molecule has 0 saturated heterocycles. The van der Waals surface area contributed by atoms with Gasteiger partial charge < -0.3 is 10.1 Å². The summed E-state index contributed by atoms with van der Waals surface area (Å²) in [4.78, 5) is 15.6. The molecular formula is C14H13ClN2O2. The van der Waals surface area contributed by atoms with Gasteiger partial charge in [0.05, 0.1) is 12.7 Å². The van der Waals surface area contributed by atoms with Gasteiger partial charge in [0, 0.05) is 29.6 Å². The number of rotatable bonds is 4. The number of anilines is 1. The van der Waals surface area contributed by atoms with Crippen molar-refractivity contribution in [2.75, 3.05) is 12.4 Å². The van der Waals surface area contributed by atoms with Crippen LogP contribution in [0.3, 0.4) is 0 Å². The van der Waals surface area contributed by atoms with E-state index in [9.17, 15) is 4.79 Å². The molecule has 1 aromatic heterocycles. The minimum absolute atomic E-state index is 0.417. The molecule has 0 radical (unpaired) electrons. The maximum atomic E-state index is 11.7. The number of aromatic nitrogens is 1. The molecule has 0 saturated carbocycles. The van der Waals surface area contributed by atoms with E-state index in [0.717, 1.165) is 5.56 Å². The van der Waals surface area contributed by atoms with Gasteiger partial charge in [-0.05, 0) is 35.9 Å². The smallest absolute Gasteiger partial charge is 0.340 e. The Bertz CT molecular complexity index is 573. The number of pyridine rings is 1. The molecule has 0 amide bonds. The molecule has 1 N–H and O–H groups in total. The largest absolute Gasteiger partial charge is 0.465 e. The zero-order chi connectivity index (χ0) is 13.7. The lowest BCUT2D eigenvalue weighted by atomic mass is 10.1. The fourth-order valence-electron chi connectivity index (χ4n) is 1.65. The van der Waals surface area contributed by atoms with Crippen molar-refractivity contribution >= 4 is 23.3 Å². The van der Waals surface area contributed by atoms with Gasteiger partial charge in [0.25, 0.3) is 0 Å². The van der Waals surface area contributed by atoms with Gasteiger partial charge in [-0.25, -0.2) is 4.79 Å². The van der Waals surface area contributed by atoms with Gasteiger partial charge in [-0.3, -0.25) is 4.98 Å². The molecule has 0 spiro atoms. The Balaban J connectivity index is 2.18. The monoisotopic (exact) mass is 276 g/mol. The van der Waals surface area contributed by atoms with Crippen molar-refractivity contribution in [3.63, 3.8) is 0 Å². The first-order chi connectivity index (χ1) is 9.20. The summed E-state index contributed by atoms with van der Waals surface area (Å²) in [6.45, 7) is 0.591. The molecule has 5 heteroatoms. The third-order valence-electron chi connectivity index (χ3n) is 2.62. The van der Waals surface area contributed by atoms with Crippen LogP contribution in [-0.2, 0) is 11.3 Å². The third kappa shape index (κ3) is 3.45. The van der Waals surface area contributed by atoms with Crippen molar-refractivity contribution in [3.8, 4) is 0 Å². The summed E-state index contributed by atoms with van der Waals surface area (Å²) in [5, 5.41) is 3.68. The number of esters is 1. The summed E-state index contributed by atoms with van der Waals surface area (Å²) < 4.78 is 4.74. The first kappa shape index (κ1) is 13.4. The van der Waals surface area contributed by atoms with Gasteiger partial charge in [0.2, 0.25) is 0 Å². The minimum Gasteiger partial charge on any atom is -0.465 e. The Morgan fingerprint density at radius 1 is 1.32 bits per heavy atom. The van der Waals surface area contributed by atoms with Crippen LogP contribution < -0.4 is 5.32 Å². The van der Waals surface area contributed by atoms with E-state index in [2.05, 4.69) is 10.3 Å². The van der Waals surface area contributed by atoms with E-state index in [4.69, 9.17) is 16.3 Å². The normalized spacial score (nSPS) is 10.0. The Labute approximate surface area is 116 Å². The fourth-order valence-corrected chi connectivity index (χ4v) is 1.82. The predicted octanol–water partition coefficient (Wildman–Crippen LogP) is 3.13. The van der Waals surface area contributed by atoms with Gasteiger partial charge in [-0.15, -0.1) is 0 Å². The van der Waals surface area contributed by atoms with Gasteiger partial charge >= 0.3 is 5.97 Å². The van der Waals surface area contributed by atoms with E-state index in [1.165, 1.54) is 7.11 Å². The topological polar surface area (TPSA) is 51.2 Å². The van der Waals surface area contributed by atoms with E-state index < -0.39 is 5.97 Å². The lowest BCUT2D eigenvalue weighted by molar-refractivity contribution is 0.0602. The molecule has 0 unspecified atom stereocenters. The number of methoxy groups -OCH3 is 1. The third-order valence-corrected chi connectivity index (χ3v) is 2.85. The number of nitrogens with one attached hydrogen (secondary N) is 1. The quantitative estimate of drug-likeness (QED) is 0.872. The average molecular weight is 277 g/mol. The Morgan fingerprint density at radius 3 is 2.74 bits per heavy atom. The molecule has 19 heavy (non-hydrogen) atoms. The second-order valence-electron chi connectivity index (χ2n) is 3.89. The number of carbonyl (C=O) groups excluding carboxylic acids is 1. The highest BCUT2D eigenvalue weighted by Crippen LogP contribution is 2.22. The number of halogens is 1. The van der Waals surface area contributed by atoms with Crippen LogP contribution in [0.1, 0.15) is 15.9 Å². The molecule has 2 aromatic rings. The molecule has 0 aliphatic rings. The van der Waals surface area contributed by atoms with Crippen molar-refractivity contribution in [1.29, 1.82) is 0 Å². The van der Waals surface area contributed by atoms with E-state index >= 15 is 0 Å². The average Bonchev–Trinajstić information content (AvgIpc) is 2.46. The molecule has 0 fully saturated rings. The van der Waals surface area contributed by atoms with E-state index in [1.54, 1.807) is 30.6 Å². The van der Waals surface area contributed by atoms with Crippen LogP contribution in [0.15, 0.2) is 42.7 Å². The second kappa shape index (κ2) is 6.20. The van der Waals surface area contributed by atoms with Crippen molar-refractivity contribution in [2.45, 2.75) is 6.54 Å². The first-order valence-electron chi connectivity index (χ1n) is 5.71. The van der Waals surface area contributed by atoms with Crippen molar-refractivity contribution in [2.24, 2.45) is 0 Å². The molecule has 1 heterocycles. The molecule has 4 nitrogen and oxygen atoms in total. The Kier molecular flexibility index (Phi) is 4.36. The zero-order valence-corrected chi connectivity index (χ0v) is 11.1. The molecule has 1 aromatic carbocycles. The zero-order valence-electron chi connectivity index (χ0n) is 10.4. The van der Waals surface area contributed by atoms with E-state index in [-0.39, 0.29) is 0 Å². The summed E-state index contributed by atoms with van der Waals surface area (Å²) in [6.07, 6.45) is 3.44. The number of ether oxygens (including phenoxy) is 1. The number of benzene rings is 1. The number of carbonyl (C=O) groups is 1. The van der Waals surface area contributed by atoms with Gasteiger partial charge in [0.15, 0.2) is 0 Å². The standard InChI is InChI=1S/C14H13ClN2O2/c1-19-14(18)12-8-11(15)2-3-13(12)17-9-10-4-6-16-7-5-10/h2-8,17H,9H2,1H3. The van der Waals surface area contributed by atoms with Gasteiger partial charge in [0.1, 0.15) is 0 Å². The van der Waals surface area contributed by atoms with Gasteiger partial charge in [-0.1, -0.05) is 11.6 Å². The fraction of sp³-hybridized carbons (Fsp3) is 0.143. The Morgan fingerprint density at radius 2 is 2.05 bits per heavy atom. The van der Waals surface area contributed by atoms with E-state index in [0.29, 0.717) is 22.8 Å². The van der Waals surface area contributed by atoms with Crippen LogP contribution in [-0.4, -0.2) is 18.1 Å². The lowest BCUT2D eigenvalue weighted by Crippen LogP contribution is -2.08. The summed E-state index contributed by atoms with van der Waals surface area (Å²) in [7, 11) is 1.34. The number of hydrogen-bond donors (Lipinski definition) is 1. The molecule has 98 valence electrons. The lowest BCUT2D eigenvalue weighted by Gasteiger charge is -2.11. The SMILES string of the molecule is COC(=O)c1cc(Cl)ccc1NCc1ccncc1. The second-order valence-corrected chi connectivity index (χ2v) is 4.33. The number of nitrogens with zero attached hydrogens (tertiary/aromatic N) is 1. The summed E-state index contributed by atoms with van der Waals surface area (Å²) >= 11 is 5.89. The molecular weight excluding hydrogens is 264 g/mol. The van der Waals surface area contributed by atoms with Crippen molar-refractivity contribution < 1.29 is 9.53 Å². The summed E-state index contributed by atoms with van der Waals surface area (Å²) in [6, 6.07) is 8.88. The van der Waals surface area contributed by atoms with Crippen molar-refractivity contribution in [3.05, 3.63) is 58.9 Å². The molecule has 0 atom stereocenters.